The minimum Gasteiger partial charge on any atom is -0.388 e. The van der Waals surface area contributed by atoms with Crippen LogP contribution in [0.3, 0.4) is 0 Å². The van der Waals surface area contributed by atoms with Gasteiger partial charge in [-0.2, -0.15) is 0 Å². The van der Waals surface area contributed by atoms with Crippen LogP contribution in [-0.4, -0.2) is 59.8 Å². The van der Waals surface area contributed by atoms with Crippen molar-refractivity contribution in [3.05, 3.63) is 0 Å². The normalized spacial score (nSPS) is 33.8. The van der Waals surface area contributed by atoms with Crippen LogP contribution in [-0.2, 0) is 14.3 Å². The Hall–Kier alpha value is -0.690. The van der Waals surface area contributed by atoms with E-state index in [1.165, 1.54) is 6.92 Å². The predicted octanol–water partition coefficient (Wildman–Crippen LogP) is -0.963. The molecule has 0 aliphatic carbocycles. The highest BCUT2D eigenvalue weighted by Gasteiger charge is 2.38. The number of hydrogen-bond donors (Lipinski definition) is 3. The summed E-state index contributed by atoms with van der Waals surface area (Å²) in [7, 11) is 0. The van der Waals surface area contributed by atoms with Gasteiger partial charge in [0.2, 0.25) is 5.91 Å². The molecule has 0 aromatic rings. The minimum atomic E-state index is -1.06. The zero-order valence-electron chi connectivity index (χ0n) is 10.4. The van der Waals surface area contributed by atoms with Crippen molar-refractivity contribution >= 4 is 5.91 Å². The van der Waals surface area contributed by atoms with E-state index in [1.54, 1.807) is 0 Å². The highest BCUT2D eigenvalue weighted by Crippen LogP contribution is 2.16. The van der Waals surface area contributed by atoms with Crippen LogP contribution in [0.4, 0.5) is 0 Å². The lowest BCUT2D eigenvalue weighted by atomic mass is 9.98. The quantitative estimate of drug-likeness (QED) is 0.595. The number of amides is 1. The third-order valence-electron chi connectivity index (χ3n) is 2.62. The van der Waals surface area contributed by atoms with Crippen molar-refractivity contribution in [3.63, 3.8) is 0 Å². The molecule has 6 nitrogen and oxygen atoms in total. The molecule has 4 atom stereocenters. The van der Waals surface area contributed by atoms with Gasteiger partial charge in [-0.05, 0) is 13.8 Å². The molecule has 1 amide bonds. The number of hydrogen-bond acceptors (Lipinski definition) is 5. The second kappa shape index (κ2) is 6.30. The molecule has 1 heterocycles. The van der Waals surface area contributed by atoms with Crippen LogP contribution in [0.15, 0.2) is 0 Å². The Balaban J connectivity index is 2.47. The van der Waals surface area contributed by atoms with Crippen molar-refractivity contribution in [1.82, 2.24) is 5.32 Å². The molecule has 0 aromatic heterocycles. The van der Waals surface area contributed by atoms with E-state index < -0.39 is 24.4 Å². The minimum absolute atomic E-state index is 0.0380. The zero-order chi connectivity index (χ0) is 13.0. The average Bonchev–Trinajstić information content (AvgIpc) is 2.23. The van der Waals surface area contributed by atoms with Gasteiger partial charge in [-0.15, -0.1) is 0 Å². The smallest absolute Gasteiger partial charge is 0.217 e. The van der Waals surface area contributed by atoms with Crippen molar-refractivity contribution < 1.29 is 24.5 Å². The van der Waals surface area contributed by atoms with Gasteiger partial charge in [-0.1, -0.05) is 0 Å². The Labute approximate surface area is 101 Å². The van der Waals surface area contributed by atoms with E-state index in [2.05, 4.69) is 5.32 Å². The lowest BCUT2D eigenvalue weighted by Gasteiger charge is -2.37. The predicted molar refractivity (Wildman–Crippen MR) is 60.4 cm³/mol. The van der Waals surface area contributed by atoms with Crippen molar-refractivity contribution in [2.45, 2.75) is 51.2 Å². The molecule has 1 aliphatic rings. The van der Waals surface area contributed by atoms with E-state index in [1.807, 2.05) is 13.8 Å². The lowest BCUT2D eigenvalue weighted by Crippen LogP contribution is -2.59. The first-order valence-electron chi connectivity index (χ1n) is 5.78. The molecule has 17 heavy (non-hydrogen) atoms. The molecular weight excluding hydrogens is 226 g/mol. The van der Waals surface area contributed by atoms with Crippen molar-refractivity contribution in [2.75, 3.05) is 13.2 Å². The van der Waals surface area contributed by atoms with Gasteiger partial charge in [-0.25, -0.2) is 0 Å². The first-order chi connectivity index (χ1) is 7.91. The standard InChI is InChI=1S/C11H21NO5/c1-6(2)16-5-9-11(15)10(14)8(4-17-9)12-7(3)13/h6,8-11,14-15H,4-5H2,1-3H3,(H,12,13)/t8-,9+,10+,11-/m0/s1. The Kier molecular flexibility index (Phi) is 5.32. The second-order valence-electron chi connectivity index (χ2n) is 4.54. The molecule has 0 radical (unpaired) electrons. The van der Waals surface area contributed by atoms with Crippen molar-refractivity contribution in [2.24, 2.45) is 0 Å². The molecule has 0 saturated carbocycles. The fourth-order valence-corrected chi connectivity index (χ4v) is 1.70. The molecule has 1 aliphatic heterocycles. The molecule has 100 valence electrons. The van der Waals surface area contributed by atoms with E-state index in [4.69, 9.17) is 9.47 Å². The summed E-state index contributed by atoms with van der Waals surface area (Å²) >= 11 is 0. The van der Waals surface area contributed by atoms with E-state index >= 15 is 0 Å². The highest BCUT2D eigenvalue weighted by molar-refractivity contribution is 5.73. The number of carbonyl (C=O) groups is 1. The van der Waals surface area contributed by atoms with E-state index in [9.17, 15) is 15.0 Å². The average molecular weight is 247 g/mol. The van der Waals surface area contributed by atoms with E-state index in [0.717, 1.165) is 0 Å². The molecule has 0 spiro atoms. The summed E-state index contributed by atoms with van der Waals surface area (Å²) in [4.78, 5) is 10.9. The maximum atomic E-state index is 10.9. The van der Waals surface area contributed by atoms with Crippen LogP contribution in [0.1, 0.15) is 20.8 Å². The molecule has 0 bridgehead atoms. The Morgan fingerprint density at radius 3 is 2.65 bits per heavy atom. The molecule has 1 saturated heterocycles. The monoisotopic (exact) mass is 247 g/mol. The summed E-state index contributed by atoms with van der Waals surface area (Å²) in [6.07, 6.45) is -2.61. The maximum Gasteiger partial charge on any atom is 0.217 e. The summed E-state index contributed by atoms with van der Waals surface area (Å²) in [6, 6.07) is -0.571. The third-order valence-corrected chi connectivity index (χ3v) is 2.62. The Bertz CT molecular complexity index is 258. The summed E-state index contributed by atoms with van der Waals surface area (Å²) in [5.74, 6) is -0.262. The SMILES string of the molecule is CC(=O)N[C@H]1CO[C@H](COC(C)C)[C@H](O)[C@@H]1O. The fraction of sp³-hybridized carbons (Fsp3) is 0.909. The topological polar surface area (TPSA) is 88.0 Å². The number of ether oxygens (including phenoxy) is 2. The molecule has 0 aromatic carbocycles. The van der Waals surface area contributed by atoms with Gasteiger partial charge in [0.15, 0.2) is 0 Å². The van der Waals surface area contributed by atoms with Gasteiger partial charge in [0.1, 0.15) is 18.3 Å². The lowest BCUT2D eigenvalue weighted by molar-refractivity contribution is -0.173. The summed E-state index contributed by atoms with van der Waals surface area (Å²) in [5.41, 5.74) is 0. The largest absolute Gasteiger partial charge is 0.388 e. The molecule has 1 fully saturated rings. The first-order valence-corrected chi connectivity index (χ1v) is 5.78. The molecule has 1 rings (SSSR count). The number of nitrogens with one attached hydrogen (secondary N) is 1. The zero-order valence-corrected chi connectivity index (χ0v) is 10.4. The van der Waals surface area contributed by atoms with Crippen LogP contribution < -0.4 is 5.32 Å². The maximum absolute atomic E-state index is 10.9. The summed E-state index contributed by atoms with van der Waals surface area (Å²) in [5, 5.41) is 22.2. The fourth-order valence-electron chi connectivity index (χ4n) is 1.70. The first kappa shape index (κ1) is 14.4. The van der Waals surface area contributed by atoms with Crippen LogP contribution in [0, 0.1) is 0 Å². The molecule has 6 heteroatoms. The highest BCUT2D eigenvalue weighted by atomic mass is 16.5. The second-order valence-corrected chi connectivity index (χ2v) is 4.54. The van der Waals surface area contributed by atoms with Gasteiger partial charge in [0, 0.05) is 6.92 Å². The molecule has 3 N–H and O–H groups in total. The number of rotatable bonds is 4. The van der Waals surface area contributed by atoms with Crippen LogP contribution >= 0.6 is 0 Å². The van der Waals surface area contributed by atoms with Crippen LogP contribution in [0.2, 0.25) is 0 Å². The van der Waals surface area contributed by atoms with Gasteiger partial charge < -0.3 is 25.0 Å². The molecular formula is C11H21NO5. The Morgan fingerprint density at radius 2 is 2.12 bits per heavy atom. The summed E-state index contributed by atoms with van der Waals surface area (Å²) < 4.78 is 10.7. The van der Waals surface area contributed by atoms with Gasteiger partial charge in [0.05, 0.1) is 25.4 Å². The number of aliphatic hydroxyl groups is 2. The number of carbonyl (C=O) groups excluding carboxylic acids is 1. The van der Waals surface area contributed by atoms with Gasteiger partial charge in [-0.3, -0.25) is 4.79 Å². The molecule has 0 unspecified atom stereocenters. The van der Waals surface area contributed by atoms with Gasteiger partial charge in [0.25, 0.3) is 0 Å². The van der Waals surface area contributed by atoms with Gasteiger partial charge >= 0.3 is 0 Å². The van der Waals surface area contributed by atoms with Crippen molar-refractivity contribution in [3.8, 4) is 0 Å². The van der Waals surface area contributed by atoms with Crippen molar-refractivity contribution in [1.29, 1.82) is 0 Å². The summed E-state index contributed by atoms with van der Waals surface area (Å²) in [6.45, 7) is 5.51. The third kappa shape index (κ3) is 4.23. The number of aliphatic hydroxyl groups excluding tert-OH is 2. The Morgan fingerprint density at radius 1 is 1.47 bits per heavy atom. The van der Waals surface area contributed by atoms with Crippen LogP contribution in [0.25, 0.3) is 0 Å². The van der Waals surface area contributed by atoms with Crippen LogP contribution in [0.5, 0.6) is 0 Å². The van der Waals surface area contributed by atoms with E-state index in [-0.39, 0.29) is 25.2 Å². The van der Waals surface area contributed by atoms with E-state index in [0.29, 0.717) is 0 Å².